The number of para-hydroxylation sites is 1. The van der Waals surface area contributed by atoms with Crippen LogP contribution in [0.4, 0.5) is 17.1 Å². The largest absolute Gasteiger partial charge is 0.310 e. The summed E-state index contributed by atoms with van der Waals surface area (Å²) in [5, 5.41) is 8.52. The Kier molecular flexibility index (Phi) is 6.58. The molecular formula is C59H37NSi. The normalized spacial score (nSPS) is 14.8. The number of anilines is 3. The van der Waals surface area contributed by atoms with Crippen molar-refractivity contribution in [3.63, 3.8) is 0 Å². The number of rotatable bonds is 2. The van der Waals surface area contributed by atoms with Gasteiger partial charge in [-0.15, -0.1) is 0 Å². The minimum absolute atomic E-state index is 0.459. The number of fused-ring (bicyclic) bond motifs is 20. The van der Waals surface area contributed by atoms with Crippen molar-refractivity contribution in [2.75, 3.05) is 4.90 Å². The summed E-state index contributed by atoms with van der Waals surface area (Å²) in [6, 6.07) is 85.3. The molecule has 2 heteroatoms. The molecule has 1 nitrogen and oxygen atoms in total. The van der Waals surface area contributed by atoms with Gasteiger partial charge in [-0.25, -0.2) is 0 Å². The highest BCUT2D eigenvalue weighted by molar-refractivity contribution is 7.24. The number of nitrogens with zero attached hydrogens (tertiary/aromatic N) is 1. The van der Waals surface area contributed by atoms with E-state index in [-0.39, 0.29) is 0 Å². The van der Waals surface area contributed by atoms with Crippen molar-refractivity contribution in [3.05, 3.63) is 247 Å². The Morgan fingerprint density at radius 2 is 0.754 bits per heavy atom. The number of hydrogen-bond acceptors (Lipinski definition) is 1. The summed E-state index contributed by atoms with van der Waals surface area (Å²) in [5.74, 6) is 0. The van der Waals surface area contributed by atoms with Crippen LogP contribution in [0.2, 0.25) is 0 Å². The minimum Gasteiger partial charge on any atom is -0.310 e. The Morgan fingerprint density at radius 3 is 1.36 bits per heavy atom. The molecule has 10 aromatic rings. The van der Waals surface area contributed by atoms with E-state index in [0.29, 0.717) is 0 Å². The highest BCUT2D eigenvalue weighted by Crippen LogP contribution is 2.63. The lowest BCUT2D eigenvalue weighted by Crippen LogP contribution is -2.70. The summed E-state index contributed by atoms with van der Waals surface area (Å²) >= 11 is 0. The molecule has 0 saturated carbocycles. The van der Waals surface area contributed by atoms with Crippen molar-refractivity contribution >= 4 is 56.7 Å². The fourth-order valence-electron chi connectivity index (χ4n) is 12.1. The monoisotopic (exact) mass is 787 g/mol. The first-order valence-electron chi connectivity index (χ1n) is 21.4. The van der Waals surface area contributed by atoms with Gasteiger partial charge in [-0.2, -0.15) is 0 Å². The van der Waals surface area contributed by atoms with E-state index in [1.165, 1.54) is 110 Å². The third-order valence-electron chi connectivity index (χ3n) is 14.5. The van der Waals surface area contributed by atoms with Gasteiger partial charge in [-0.05, 0) is 129 Å². The van der Waals surface area contributed by atoms with Gasteiger partial charge in [0.05, 0.1) is 16.8 Å². The molecule has 0 atom stereocenters. The second-order valence-corrected chi connectivity index (χ2v) is 20.8. The van der Waals surface area contributed by atoms with Gasteiger partial charge in [0.25, 0.3) is 0 Å². The van der Waals surface area contributed by atoms with E-state index in [0.717, 1.165) is 5.69 Å². The zero-order valence-electron chi connectivity index (χ0n) is 33.3. The van der Waals surface area contributed by atoms with Crippen LogP contribution in [-0.2, 0) is 5.41 Å². The molecule has 0 fully saturated rings. The molecule has 0 saturated heterocycles. The molecule has 10 aromatic carbocycles. The Bertz CT molecular complexity index is 3400. The summed E-state index contributed by atoms with van der Waals surface area (Å²) in [6.45, 7) is 0. The van der Waals surface area contributed by atoms with E-state index in [9.17, 15) is 0 Å². The highest BCUT2D eigenvalue weighted by Gasteiger charge is 2.54. The molecule has 1 aliphatic carbocycles. The smallest absolute Gasteiger partial charge is 0.182 e. The zero-order valence-corrected chi connectivity index (χ0v) is 34.3. The average molecular weight is 788 g/mol. The Morgan fingerprint density at radius 1 is 0.295 bits per heavy atom. The zero-order chi connectivity index (χ0) is 39.9. The first kappa shape index (κ1) is 33.3. The maximum Gasteiger partial charge on any atom is 0.182 e. The molecule has 282 valence electrons. The van der Waals surface area contributed by atoms with Crippen LogP contribution in [-0.4, -0.2) is 8.07 Å². The van der Waals surface area contributed by atoms with Crippen LogP contribution in [0.15, 0.2) is 224 Å². The molecule has 0 aromatic heterocycles. The molecule has 3 heterocycles. The summed E-state index contributed by atoms with van der Waals surface area (Å²) in [7, 11) is -2.53. The Balaban J connectivity index is 0.958. The molecule has 3 aliphatic heterocycles. The number of benzene rings is 10. The molecule has 2 spiro atoms. The standard InChI is InChI=1S/C59H37NSi/c1-2-16-40-36-54-52(35-39(40)15-1)59(49-22-8-3-17-43(49)44-18-4-9-23-50(44)59)51-24-10-11-25-53(51)60(54)42-32-29-38(30-33-42)41-31-34-48-47-21-7-14-28-57(47)61(58(48)37-41)55-26-12-5-19-45(55)46-20-6-13-27-56(46)61/h1-37H. The second kappa shape index (κ2) is 12.0. The Hall–Kier alpha value is -7.52. The van der Waals surface area contributed by atoms with Gasteiger partial charge in [0, 0.05) is 5.69 Å². The van der Waals surface area contributed by atoms with Gasteiger partial charge >= 0.3 is 0 Å². The van der Waals surface area contributed by atoms with Crippen molar-refractivity contribution in [2.24, 2.45) is 0 Å². The fraction of sp³-hybridized carbons (Fsp3) is 0.0169. The van der Waals surface area contributed by atoms with E-state index in [2.05, 4.69) is 229 Å². The van der Waals surface area contributed by atoms with Gasteiger partial charge in [0.15, 0.2) is 8.07 Å². The van der Waals surface area contributed by atoms with E-state index < -0.39 is 13.5 Å². The van der Waals surface area contributed by atoms with E-state index in [1.807, 2.05) is 0 Å². The van der Waals surface area contributed by atoms with Crippen molar-refractivity contribution in [1.29, 1.82) is 0 Å². The molecule has 0 amide bonds. The van der Waals surface area contributed by atoms with Gasteiger partial charge < -0.3 is 4.90 Å². The quantitative estimate of drug-likeness (QED) is 0.158. The predicted octanol–water partition coefficient (Wildman–Crippen LogP) is 12.0. The lowest BCUT2D eigenvalue weighted by molar-refractivity contribution is 0.754. The predicted molar refractivity (Wildman–Crippen MR) is 257 cm³/mol. The molecule has 61 heavy (non-hydrogen) atoms. The van der Waals surface area contributed by atoms with Crippen LogP contribution in [0, 0.1) is 0 Å². The van der Waals surface area contributed by atoms with Crippen LogP contribution in [0.1, 0.15) is 22.3 Å². The maximum absolute atomic E-state index is 2.55. The summed E-state index contributed by atoms with van der Waals surface area (Å²) in [6.07, 6.45) is 0. The lowest BCUT2D eigenvalue weighted by Gasteiger charge is -2.45. The molecular weight excluding hydrogens is 751 g/mol. The SMILES string of the molecule is c1ccc2c(c1)-c1ccccc1C21c2ccccc2N(c2ccc(-c3ccc4c(c3)[Si]3(c5ccccc5-c5ccccc53)c3ccccc3-4)cc2)c2cc3ccccc3cc21. The average Bonchev–Trinajstić information content (AvgIpc) is 3.92. The first-order valence-corrected chi connectivity index (χ1v) is 23.4. The van der Waals surface area contributed by atoms with E-state index in [4.69, 9.17) is 0 Å². The third kappa shape index (κ3) is 4.10. The van der Waals surface area contributed by atoms with E-state index >= 15 is 0 Å². The van der Waals surface area contributed by atoms with Crippen molar-refractivity contribution in [2.45, 2.75) is 5.41 Å². The Labute approximate surface area is 356 Å². The van der Waals surface area contributed by atoms with Gasteiger partial charge in [-0.1, -0.05) is 194 Å². The molecule has 0 bridgehead atoms. The summed E-state index contributed by atoms with van der Waals surface area (Å²) < 4.78 is 0. The lowest BCUT2D eigenvalue weighted by atomic mass is 9.64. The van der Waals surface area contributed by atoms with Crippen LogP contribution >= 0.6 is 0 Å². The topological polar surface area (TPSA) is 3.24 Å². The van der Waals surface area contributed by atoms with Crippen LogP contribution in [0.25, 0.3) is 55.3 Å². The summed E-state index contributed by atoms with van der Waals surface area (Å²) in [5.41, 5.74) is 19.1. The van der Waals surface area contributed by atoms with Gasteiger partial charge in [0.2, 0.25) is 0 Å². The molecule has 0 unspecified atom stereocenters. The number of hydrogen-bond donors (Lipinski definition) is 0. The fourth-order valence-corrected chi connectivity index (χ4v) is 17.8. The second-order valence-electron chi connectivity index (χ2n) is 17.1. The first-order chi connectivity index (χ1) is 30.3. The molecule has 4 aliphatic rings. The maximum atomic E-state index is 2.55. The van der Waals surface area contributed by atoms with E-state index in [1.54, 1.807) is 0 Å². The van der Waals surface area contributed by atoms with Crippen LogP contribution in [0.5, 0.6) is 0 Å². The summed E-state index contributed by atoms with van der Waals surface area (Å²) in [4.78, 5) is 2.52. The van der Waals surface area contributed by atoms with Crippen molar-refractivity contribution in [1.82, 2.24) is 0 Å². The van der Waals surface area contributed by atoms with Crippen molar-refractivity contribution < 1.29 is 0 Å². The van der Waals surface area contributed by atoms with Gasteiger partial charge in [0.1, 0.15) is 0 Å². The third-order valence-corrected chi connectivity index (χ3v) is 19.4. The molecule has 14 rings (SSSR count). The van der Waals surface area contributed by atoms with Crippen LogP contribution < -0.4 is 25.6 Å². The van der Waals surface area contributed by atoms with Crippen molar-refractivity contribution in [3.8, 4) is 44.5 Å². The van der Waals surface area contributed by atoms with Crippen LogP contribution in [0.3, 0.4) is 0 Å². The molecule has 0 radical (unpaired) electrons. The minimum atomic E-state index is -2.53. The molecule has 0 N–H and O–H groups in total. The highest BCUT2D eigenvalue weighted by atomic mass is 28.3. The van der Waals surface area contributed by atoms with Gasteiger partial charge in [-0.3, -0.25) is 0 Å².